The molecule has 0 amide bonds. The van der Waals surface area contributed by atoms with E-state index in [-0.39, 0.29) is 17.5 Å². The van der Waals surface area contributed by atoms with E-state index in [0.717, 1.165) is 25.8 Å². The molecule has 116 valence electrons. The minimum Gasteiger partial charge on any atom is -0.480 e. The van der Waals surface area contributed by atoms with E-state index in [1.165, 1.54) is 11.1 Å². The SMILES string of the molecule is CC(c1ccc(C(C)(C)C)cc1)N1CCCCC1C(=O)O. The monoisotopic (exact) mass is 289 g/mol. The Balaban J connectivity index is 2.18. The summed E-state index contributed by atoms with van der Waals surface area (Å²) in [5.74, 6) is -0.687. The van der Waals surface area contributed by atoms with E-state index in [2.05, 4.69) is 56.9 Å². The molecule has 1 N–H and O–H groups in total. The normalized spacial score (nSPS) is 22.0. The molecular weight excluding hydrogens is 262 g/mol. The molecule has 0 aromatic heterocycles. The summed E-state index contributed by atoms with van der Waals surface area (Å²) in [4.78, 5) is 13.6. The first-order valence-electron chi connectivity index (χ1n) is 7.89. The van der Waals surface area contributed by atoms with Crippen molar-refractivity contribution in [2.75, 3.05) is 6.54 Å². The highest BCUT2D eigenvalue weighted by molar-refractivity contribution is 5.73. The Kier molecular flexibility index (Phi) is 4.72. The van der Waals surface area contributed by atoms with Crippen LogP contribution in [0.25, 0.3) is 0 Å². The number of carbonyl (C=O) groups is 1. The Morgan fingerprint density at radius 1 is 1.24 bits per heavy atom. The van der Waals surface area contributed by atoms with Crippen LogP contribution in [0.1, 0.15) is 64.1 Å². The second-order valence-electron chi connectivity index (χ2n) is 7.14. The zero-order chi connectivity index (χ0) is 15.6. The highest BCUT2D eigenvalue weighted by Gasteiger charge is 2.32. The lowest BCUT2D eigenvalue weighted by molar-refractivity contribution is -0.145. The minimum atomic E-state index is -0.687. The molecule has 1 fully saturated rings. The fraction of sp³-hybridized carbons (Fsp3) is 0.611. The van der Waals surface area contributed by atoms with Gasteiger partial charge in [-0.15, -0.1) is 0 Å². The average molecular weight is 289 g/mol. The molecule has 0 radical (unpaired) electrons. The molecule has 21 heavy (non-hydrogen) atoms. The molecule has 1 aromatic rings. The number of nitrogens with zero attached hydrogens (tertiary/aromatic N) is 1. The second kappa shape index (κ2) is 6.18. The Morgan fingerprint density at radius 2 is 1.86 bits per heavy atom. The summed E-state index contributed by atoms with van der Waals surface area (Å²) in [6, 6.07) is 8.46. The van der Waals surface area contributed by atoms with Gasteiger partial charge in [-0.1, -0.05) is 51.5 Å². The van der Waals surface area contributed by atoms with Crippen LogP contribution in [-0.4, -0.2) is 28.6 Å². The van der Waals surface area contributed by atoms with Crippen molar-refractivity contribution in [2.24, 2.45) is 0 Å². The summed E-state index contributed by atoms with van der Waals surface area (Å²) < 4.78 is 0. The van der Waals surface area contributed by atoms with Crippen LogP contribution in [0.5, 0.6) is 0 Å². The molecule has 0 spiro atoms. The summed E-state index contributed by atoms with van der Waals surface area (Å²) in [5, 5.41) is 9.41. The number of hydrogen-bond acceptors (Lipinski definition) is 2. The van der Waals surface area contributed by atoms with E-state index < -0.39 is 5.97 Å². The van der Waals surface area contributed by atoms with Crippen LogP contribution < -0.4 is 0 Å². The van der Waals surface area contributed by atoms with Gasteiger partial charge in [-0.3, -0.25) is 9.69 Å². The van der Waals surface area contributed by atoms with Crippen molar-refractivity contribution in [1.82, 2.24) is 4.90 Å². The molecule has 1 aliphatic rings. The predicted molar refractivity (Wildman–Crippen MR) is 85.5 cm³/mol. The van der Waals surface area contributed by atoms with Gasteiger partial charge >= 0.3 is 5.97 Å². The molecular formula is C18H27NO2. The van der Waals surface area contributed by atoms with Gasteiger partial charge in [-0.2, -0.15) is 0 Å². The van der Waals surface area contributed by atoms with Crippen LogP contribution in [-0.2, 0) is 10.2 Å². The molecule has 2 atom stereocenters. The molecule has 0 bridgehead atoms. The smallest absolute Gasteiger partial charge is 0.320 e. The number of aliphatic carboxylic acids is 1. The fourth-order valence-electron chi connectivity index (χ4n) is 3.14. The number of likely N-dealkylation sites (tertiary alicyclic amines) is 1. The number of rotatable bonds is 3. The van der Waals surface area contributed by atoms with E-state index in [4.69, 9.17) is 0 Å². The Morgan fingerprint density at radius 3 is 2.38 bits per heavy atom. The van der Waals surface area contributed by atoms with Gasteiger partial charge in [0.25, 0.3) is 0 Å². The second-order valence-corrected chi connectivity index (χ2v) is 7.14. The van der Waals surface area contributed by atoms with Gasteiger partial charge in [0.2, 0.25) is 0 Å². The fourth-order valence-corrected chi connectivity index (χ4v) is 3.14. The molecule has 0 saturated carbocycles. The first-order chi connectivity index (χ1) is 9.80. The lowest BCUT2D eigenvalue weighted by Crippen LogP contribution is -2.45. The van der Waals surface area contributed by atoms with E-state index >= 15 is 0 Å². The molecule has 2 unspecified atom stereocenters. The van der Waals surface area contributed by atoms with Gasteiger partial charge in [-0.25, -0.2) is 0 Å². The number of benzene rings is 1. The lowest BCUT2D eigenvalue weighted by Gasteiger charge is -2.37. The standard InChI is InChI=1S/C18H27NO2/c1-13(19-12-6-5-7-16(19)17(20)21)14-8-10-15(11-9-14)18(2,3)4/h8-11,13,16H,5-7,12H2,1-4H3,(H,20,21). The van der Waals surface area contributed by atoms with Crippen LogP contribution >= 0.6 is 0 Å². The maximum absolute atomic E-state index is 11.4. The zero-order valence-corrected chi connectivity index (χ0v) is 13.6. The van der Waals surface area contributed by atoms with E-state index in [1.54, 1.807) is 0 Å². The predicted octanol–water partition coefficient (Wildman–Crippen LogP) is 3.98. The van der Waals surface area contributed by atoms with Crippen LogP contribution in [0, 0.1) is 0 Å². The van der Waals surface area contributed by atoms with Crippen molar-refractivity contribution in [3.8, 4) is 0 Å². The Bertz CT molecular complexity index is 487. The van der Waals surface area contributed by atoms with Crippen molar-refractivity contribution < 1.29 is 9.90 Å². The topological polar surface area (TPSA) is 40.5 Å². The maximum atomic E-state index is 11.4. The average Bonchev–Trinajstić information content (AvgIpc) is 2.45. The van der Waals surface area contributed by atoms with Gasteiger partial charge in [0.05, 0.1) is 0 Å². The third kappa shape index (κ3) is 3.65. The number of hydrogen-bond donors (Lipinski definition) is 1. The molecule has 1 saturated heterocycles. The first-order valence-corrected chi connectivity index (χ1v) is 7.89. The lowest BCUT2D eigenvalue weighted by atomic mass is 9.86. The van der Waals surface area contributed by atoms with Crippen molar-refractivity contribution in [2.45, 2.75) is 64.5 Å². The summed E-state index contributed by atoms with van der Waals surface area (Å²) >= 11 is 0. The van der Waals surface area contributed by atoms with Crippen molar-refractivity contribution in [3.05, 3.63) is 35.4 Å². The first kappa shape index (κ1) is 16.0. The largest absolute Gasteiger partial charge is 0.480 e. The minimum absolute atomic E-state index is 0.149. The molecule has 3 nitrogen and oxygen atoms in total. The molecule has 1 aromatic carbocycles. The van der Waals surface area contributed by atoms with Gasteiger partial charge in [-0.05, 0) is 42.9 Å². The molecule has 1 aliphatic heterocycles. The molecule has 1 heterocycles. The van der Waals surface area contributed by atoms with Gasteiger partial charge in [0, 0.05) is 6.04 Å². The summed E-state index contributed by atoms with van der Waals surface area (Å²) in [7, 11) is 0. The van der Waals surface area contributed by atoms with Crippen LogP contribution in [0.15, 0.2) is 24.3 Å². The molecule has 2 rings (SSSR count). The summed E-state index contributed by atoms with van der Waals surface area (Å²) in [6.07, 6.45) is 2.87. The van der Waals surface area contributed by atoms with Crippen LogP contribution in [0.4, 0.5) is 0 Å². The highest BCUT2D eigenvalue weighted by atomic mass is 16.4. The number of carboxylic acids is 1. The van der Waals surface area contributed by atoms with Crippen LogP contribution in [0.3, 0.4) is 0 Å². The third-order valence-electron chi connectivity index (χ3n) is 4.59. The van der Waals surface area contributed by atoms with E-state index in [9.17, 15) is 9.90 Å². The Labute approximate surface area is 128 Å². The Hall–Kier alpha value is -1.35. The van der Waals surface area contributed by atoms with E-state index in [0.29, 0.717) is 0 Å². The quantitative estimate of drug-likeness (QED) is 0.915. The summed E-state index contributed by atoms with van der Waals surface area (Å²) in [5.41, 5.74) is 2.67. The van der Waals surface area contributed by atoms with Gasteiger partial charge in [0.15, 0.2) is 0 Å². The highest BCUT2D eigenvalue weighted by Crippen LogP contribution is 2.30. The molecule has 0 aliphatic carbocycles. The van der Waals surface area contributed by atoms with Gasteiger partial charge in [0.1, 0.15) is 6.04 Å². The van der Waals surface area contributed by atoms with Crippen molar-refractivity contribution >= 4 is 5.97 Å². The maximum Gasteiger partial charge on any atom is 0.320 e. The number of piperidine rings is 1. The van der Waals surface area contributed by atoms with Crippen molar-refractivity contribution in [3.63, 3.8) is 0 Å². The zero-order valence-electron chi connectivity index (χ0n) is 13.6. The molecule has 3 heteroatoms. The third-order valence-corrected chi connectivity index (χ3v) is 4.59. The van der Waals surface area contributed by atoms with Crippen LogP contribution in [0.2, 0.25) is 0 Å². The van der Waals surface area contributed by atoms with Crippen molar-refractivity contribution in [1.29, 1.82) is 0 Å². The summed E-state index contributed by atoms with van der Waals surface area (Å²) in [6.45, 7) is 9.61. The van der Waals surface area contributed by atoms with E-state index in [1.807, 2.05) is 0 Å². The van der Waals surface area contributed by atoms with Gasteiger partial charge < -0.3 is 5.11 Å². The number of carboxylic acid groups (broad SMARTS) is 1.